The zero-order valence-corrected chi connectivity index (χ0v) is 12.4. The molecule has 0 spiro atoms. The van der Waals surface area contributed by atoms with Gasteiger partial charge in [0.05, 0.1) is 5.02 Å². The summed E-state index contributed by atoms with van der Waals surface area (Å²) in [4.78, 5) is 0. The molecule has 0 aliphatic rings. The van der Waals surface area contributed by atoms with Gasteiger partial charge in [-0.25, -0.2) is 4.39 Å². The van der Waals surface area contributed by atoms with Gasteiger partial charge in [0, 0.05) is 28.3 Å². The first-order chi connectivity index (χ1) is 8.41. The summed E-state index contributed by atoms with van der Waals surface area (Å²) >= 11 is 5.64. The van der Waals surface area contributed by atoms with Gasteiger partial charge >= 0.3 is 0 Å². The van der Waals surface area contributed by atoms with Gasteiger partial charge in [-0.15, -0.1) is 0 Å². The van der Waals surface area contributed by atoms with Crippen LogP contribution in [-0.4, -0.2) is 22.3 Å². The van der Waals surface area contributed by atoms with Gasteiger partial charge in [-0.2, -0.15) is 0 Å². The molecular weight excluding hydrogens is 273 g/mol. The molecule has 3 atom stereocenters. The lowest BCUT2D eigenvalue weighted by molar-refractivity contribution is 0.548. The first kappa shape index (κ1) is 15.6. The molecule has 0 heterocycles. The van der Waals surface area contributed by atoms with E-state index < -0.39 is 16.6 Å². The second-order valence-electron chi connectivity index (χ2n) is 4.45. The third-order valence-corrected chi connectivity index (χ3v) is 4.69. The summed E-state index contributed by atoms with van der Waals surface area (Å²) in [7, 11) is -0.794. The molecule has 5 heteroatoms. The van der Waals surface area contributed by atoms with E-state index in [1.54, 1.807) is 12.3 Å². The summed E-state index contributed by atoms with van der Waals surface area (Å²) in [6, 6.07) is 4.87. The zero-order valence-electron chi connectivity index (χ0n) is 10.9. The second kappa shape index (κ2) is 7.22. The first-order valence-corrected chi connectivity index (χ1v) is 7.92. The summed E-state index contributed by atoms with van der Waals surface area (Å²) in [6.07, 6.45) is 2.55. The highest BCUT2D eigenvalue weighted by molar-refractivity contribution is 7.84. The van der Waals surface area contributed by atoms with Crippen molar-refractivity contribution in [2.24, 2.45) is 0 Å². The fraction of sp³-hybridized carbons (Fsp3) is 0.538. The van der Waals surface area contributed by atoms with Crippen molar-refractivity contribution in [3.8, 4) is 0 Å². The Labute approximate surface area is 115 Å². The van der Waals surface area contributed by atoms with Crippen LogP contribution in [0.15, 0.2) is 18.2 Å². The highest BCUT2D eigenvalue weighted by atomic mass is 35.5. The van der Waals surface area contributed by atoms with Gasteiger partial charge in [0.25, 0.3) is 0 Å². The minimum absolute atomic E-state index is 0.0502. The maximum atomic E-state index is 13.3. The molecule has 0 aromatic heterocycles. The van der Waals surface area contributed by atoms with Gasteiger partial charge in [0.2, 0.25) is 0 Å². The zero-order chi connectivity index (χ0) is 13.7. The minimum atomic E-state index is -0.794. The van der Waals surface area contributed by atoms with Crippen LogP contribution in [0.1, 0.15) is 31.9 Å². The predicted molar refractivity (Wildman–Crippen MR) is 76.0 cm³/mol. The molecule has 1 rings (SSSR count). The van der Waals surface area contributed by atoms with Gasteiger partial charge in [-0.3, -0.25) is 4.21 Å². The molecule has 0 fully saturated rings. The Bertz CT molecular complexity index is 427. The van der Waals surface area contributed by atoms with Crippen molar-refractivity contribution in [2.75, 3.05) is 12.8 Å². The van der Waals surface area contributed by atoms with Crippen molar-refractivity contribution >= 4 is 22.4 Å². The molecular formula is C13H19ClFNOS. The van der Waals surface area contributed by atoms with Crippen LogP contribution >= 0.6 is 11.6 Å². The van der Waals surface area contributed by atoms with E-state index in [1.165, 1.54) is 6.07 Å². The summed E-state index contributed by atoms with van der Waals surface area (Å²) in [6.45, 7) is 4.69. The highest BCUT2D eigenvalue weighted by Crippen LogP contribution is 2.20. The maximum Gasteiger partial charge on any atom is 0.142 e. The number of rotatable bonds is 6. The first-order valence-electron chi connectivity index (χ1n) is 5.92. The largest absolute Gasteiger partial charge is 0.310 e. The van der Waals surface area contributed by atoms with Crippen LogP contribution in [0.25, 0.3) is 0 Å². The number of hydrogen-bond acceptors (Lipinski definition) is 2. The average Bonchev–Trinajstić information content (AvgIpc) is 2.32. The van der Waals surface area contributed by atoms with Crippen LogP contribution in [0.4, 0.5) is 4.39 Å². The van der Waals surface area contributed by atoms with Crippen molar-refractivity contribution in [2.45, 2.75) is 31.6 Å². The van der Waals surface area contributed by atoms with E-state index in [2.05, 4.69) is 5.32 Å². The van der Waals surface area contributed by atoms with Crippen molar-refractivity contribution < 1.29 is 8.60 Å². The molecule has 0 bridgehead atoms. The summed E-state index contributed by atoms with van der Waals surface area (Å²) in [5.74, 6) is -0.397. The fourth-order valence-electron chi connectivity index (χ4n) is 1.57. The summed E-state index contributed by atoms with van der Waals surface area (Å²) < 4.78 is 24.5. The molecule has 2 nitrogen and oxygen atoms in total. The maximum absolute atomic E-state index is 13.3. The normalized spacial score (nSPS) is 16.3. The topological polar surface area (TPSA) is 29.1 Å². The third-order valence-electron chi connectivity index (χ3n) is 3.01. The lowest BCUT2D eigenvalue weighted by Crippen LogP contribution is -2.24. The van der Waals surface area contributed by atoms with Crippen LogP contribution < -0.4 is 5.32 Å². The second-order valence-corrected chi connectivity index (χ2v) is 6.66. The van der Waals surface area contributed by atoms with Crippen LogP contribution in [0.3, 0.4) is 0 Å². The van der Waals surface area contributed by atoms with Gasteiger partial charge in [-0.1, -0.05) is 24.6 Å². The predicted octanol–water partition coefficient (Wildman–Crippen LogP) is 3.29. The Hall–Kier alpha value is -0.450. The van der Waals surface area contributed by atoms with Crippen molar-refractivity contribution in [3.05, 3.63) is 34.6 Å². The number of hydrogen-bond donors (Lipinski definition) is 1. The third kappa shape index (κ3) is 4.67. The van der Waals surface area contributed by atoms with Crippen LogP contribution in [0.2, 0.25) is 5.02 Å². The van der Waals surface area contributed by atoms with E-state index in [1.807, 2.05) is 19.9 Å². The van der Waals surface area contributed by atoms with E-state index in [0.717, 1.165) is 18.5 Å². The molecule has 0 amide bonds. The molecule has 0 saturated carbocycles. The van der Waals surface area contributed by atoms with E-state index in [9.17, 15) is 8.60 Å². The van der Waals surface area contributed by atoms with Crippen molar-refractivity contribution in [1.29, 1.82) is 0 Å². The van der Waals surface area contributed by atoms with Crippen molar-refractivity contribution in [3.63, 3.8) is 0 Å². The van der Waals surface area contributed by atoms with Crippen molar-refractivity contribution in [1.82, 2.24) is 5.32 Å². The fourth-order valence-corrected chi connectivity index (χ4v) is 2.14. The van der Waals surface area contributed by atoms with Crippen LogP contribution in [0, 0.1) is 5.82 Å². The standard InChI is InChI=1S/C13H19ClFNOS/c1-9(18(3)17)6-7-16-10(2)11-4-5-12(14)13(15)8-11/h4-5,8-10,16H,6-7H2,1-3H3. The Balaban J connectivity index is 2.47. The van der Waals surface area contributed by atoms with Gasteiger partial charge in [0.1, 0.15) is 5.82 Å². The lowest BCUT2D eigenvalue weighted by Gasteiger charge is -2.16. The van der Waals surface area contributed by atoms with Gasteiger partial charge in [0.15, 0.2) is 0 Å². The van der Waals surface area contributed by atoms with E-state index in [-0.39, 0.29) is 16.3 Å². The molecule has 1 aromatic carbocycles. The molecule has 0 radical (unpaired) electrons. The Morgan fingerprint density at radius 1 is 1.44 bits per heavy atom. The molecule has 1 N–H and O–H groups in total. The van der Waals surface area contributed by atoms with Crippen LogP contribution in [0.5, 0.6) is 0 Å². The molecule has 0 aliphatic carbocycles. The Kier molecular flexibility index (Phi) is 6.26. The van der Waals surface area contributed by atoms with Gasteiger partial charge < -0.3 is 5.32 Å². The van der Waals surface area contributed by atoms with Crippen LogP contribution in [-0.2, 0) is 10.8 Å². The Morgan fingerprint density at radius 2 is 2.11 bits per heavy atom. The summed E-state index contributed by atoms with van der Waals surface area (Å²) in [5, 5.41) is 3.60. The van der Waals surface area contributed by atoms with Gasteiger partial charge in [-0.05, 0) is 37.6 Å². The quantitative estimate of drug-likeness (QED) is 0.871. The number of halogens is 2. The minimum Gasteiger partial charge on any atom is -0.310 e. The molecule has 0 aliphatic heterocycles. The van der Waals surface area contributed by atoms with E-state index in [4.69, 9.17) is 11.6 Å². The highest BCUT2D eigenvalue weighted by Gasteiger charge is 2.10. The van der Waals surface area contributed by atoms with E-state index in [0.29, 0.717) is 0 Å². The number of benzene rings is 1. The molecule has 18 heavy (non-hydrogen) atoms. The lowest BCUT2D eigenvalue weighted by atomic mass is 10.1. The SMILES string of the molecule is CC(NCCC(C)S(C)=O)c1ccc(Cl)c(F)c1. The summed E-state index contributed by atoms with van der Waals surface area (Å²) in [5.41, 5.74) is 0.863. The molecule has 3 unspecified atom stereocenters. The monoisotopic (exact) mass is 291 g/mol. The molecule has 1 aromatic rings. The smallest absolute Gasteiger partial charge is 0.142 e. The molecule has 102 valence electrons. The molecule has 0 saturated heterocycles. The van der Waals surface area contributed by atoms with E-state index >= 15 is 0 Å². The average molecular weight is 292 g/mol. The number of nitrogens with one attached hydrogen (secondary N) is 1. The Morgan fingerprint density at radius 3 is 2.67 bits per heavy atom.